The normalized spacial score (nSPS) is 10.3. The van der Waals surface area contributed by atoms with Crippen LogP contribution in [0.15, 0.2) is 40.9 Å². The Labute approximate surface area is 145 Å². The molecule has 0 saturated carbocycles. The lowest BCUT2D eigenvalue weighted by molar-refractivity contribution is -0.119. The maximum Gasteiger partial charge on any atom is 0.341 e. The molecule has 0 bridgehead atoms. The molecule has 0 heterocycles. The Morgan fingerprint density at radius 2 is 1.96 bits per heavy atom. The van der Waals surface area contributed by atoms with Gasteiger partial charge in [0.15, 0.2) is 6.61 Å². The van der Waals surface area contributed by atoms with Gasteiger partial charge in [0, 0.05) is 10.2 Å². The van der Waals surface area contributed by atoms with Crippen LogP contribution in [0.4, 0.5) is 10.1 Å². The van der Waals surface area contributed by atoms with Gasteiger partial charge in [-0.2, -0.15) is 0 Å². The molecule has 1 amide bonds. The largest absolute Gasteiger partial charge is 0.452 e. The van der Waals surface area contributed by atoms with Crippen LogP contribution in [0.1, 0.15) is 15.9 Å². The van der Waals surface area contributed by atoms with Gasteiger partial charge in [-0.3, -0.25) is 4.79 Å². The van der Waals surface area contributed by atoms with Crippen molar-refractivity contribution >= 4 is 45.1 Å². The zero-order chi connectivity index (χ0) is 17.0. The fourth-order valence-corrected chi connectivity index (χ4v) is 2.40. The van der Waals surface area contributed by atoms with Crippen LogP contribution in [-0.4, -0.2) is 18.5 Å². The van der Waals surface area contributed by atoms with E-state index in [9.17, 15) is 14.0 Å². The summed E-state index contributed by atoms with van der Waals surface area (Å²) in [4.78, 5) is 23.6. The lowest BCUT2D eigenvalue weighted by Gasteiger charge is -2.11. The lowest BCUT2D eigenvalue weighted by atomic mass is 10.2. The summed E-state index contributed by atoms with van der Waals surface area (Å²) in [6, 6.07) is 8.75. The fraction of sp³-hybridized carbons (Fsp3) is 0.125. The molecule has 0 aromatic heterocycles. The van der Waals surface area contributed by atoms with Crippen LogP contribution >= 0.6 is 27.5 Å². The Hall–Kier alpha value is -1.92. The molecule has 0 fully saturated rings. The number of benzene rings is 2. The molecule has 120 valence electrons. The third-order valence-corrected chi connectivity index (χ3v) is 4.42. The molecule has 0 atom stereocenters. The third-order valence-electron chi connectivity index (χ3n) is 3.04. The third kappa shape index (κ3) is 4.30. The topological polar surface area (TPSA) is 55.4 Å². The predicted molar refractivity (Wildman–Crippen MR) is 89.2 cm³/mol. The van der Waals surface area contributed by atoms with Crippen molar-refractivity contribution in [1.82, 2.24) is 0 Å². The minimum Gasteiger partial charge on any atom is -0.452 e. The number of hydrogen-bond acceptors (Lipinski definition) is 3. The monoisotopic (exact) mass is 399 g/mol. The molecule has 0 spiro atoms. The zero-order valence-electron chi connectivity index (χ0n) is 12.0. The maximum absolute atomic E-state index is 13.4. The standard InChI is InChI=1S/C16H12BrClFNO3/c1-9-13(7-6-11(17)15(9)18)20-14(21)8-23-16(22)10-4-2-3-5-12(10)19/h2-7H,8H2,1H3,(H,20,21). The number of halogens is 3. The summed E-state index contributed by atoms with van der Waals surface area (Å²) in [6.45, 7) is 1.22. The van der Waals surface area contributed by atoms with Gasteiger partial charge in [-0.25, -0.2) is 9.18 Å². The summed E-state index contributed by atoms with van der Waals surface area (Å²) < 4.78 is 18.9. The molecule has 7 heteroatoms. The van der Waals surface area contributed by atoms with E-state index in [4.69, 9.17) is 16.3 Å². The van der Waals surface area contributed by atoms with Crippen LogP contribution in [0.2, 0.25) is 5.02 Å². The summed E-state index contributed by atoms with van der Waals surface area (Å²) in [5.74, 6) is -2.14. The summed E-state index contributed by atoms with van der Waals surface area (Å²) >= 11 is 9.35. The first-order chi connectivity index (χ1) is 10.9. The second-order valence-electron chi connectivity index (χ2n) is 4.64. The first kappa shape index (κ1) is 17.4. The Morgan fingerprint density at radius 3 is 2.65 bits per heavy atom. The first-order valence-corrected chi connectivity index (χ1v) is 7.73. The highest BCUT2D eigenvalue weighted by Gasteiger charge is 2.15. The van der Waals surface area contributed by atoms with Crippen molar-refractivity contribution in [2.75, 3.05) is 11.9 Å². The highest BCUT2D eigenvalue weighted by Crippen LogP contribution is 2.30. The minimum absolute atomic E-state index is 0.219. The van der Waals surface area contributed by atoms with E-state index in [1.54, 1.807) is 19.1 Å². The van der Waals surface area contributed by atoms with Gasteiger partial charge in [-0.15, -0.1) is 0 Å². The highest BCUT2D eigenvalue weighted by molar-refractivity contribution is 9.10. The van der Waals surface area contributed by atoms with Crippen molar-refractivity contribution in [2.45, 2.75) is 6.92 Å². The number of nitrogens with one attached hydrogen (secondary N) is 1. The molecule has 0 radical (unpaired) electrons. The molecule has 2 aromatic rings. The van der Waals surface area contributed by atoms with E-state index in [0.717, 1.165) is 6.07 Å². The van der Waals surface area contributed by atoms with Crippen molar-refractivity contribution in [3.63, 3.8) is 0 Å². The van der Waals surface area contributed by atoms with Crippen LogP contribution in [0, 0.1) is 12.7 Å². The van der Waals surface area contributed by atoms with E-state index in [-0.39, 0.29) is 5.56 Å². The molecule has 1 N–H and O–H groups in total. The number of anilines is 1. The Bertz CT molecular complexity index is 767. The van der Waals surface area contributed by atoms with E-state index in [0.29, 0.717) is 20.7 Å². The molecule has 2 aromatic carbocycles. The second kappa shape index (κ2) is 7.57. The average Bonchev–Trinajstić information content (AvgIpc) is 2.53. The molecule has 0 aliphatic carbocycles. The zero-order valence-corrected chi connectivity index (χ0v) is 14.4. The van der Waals surface area contributed by atoms with Crippen LogP contribution < -0.4 is 5.32 Å². The van der Waals surface area contributed by atoms with E-state index >= 15 is 0 Å². The van der Waals surface area contributed by atoms with Crippen LogP contribution in [0.25, 0.3) is 0 Å². The average molecular weight is 401 g/mol. The number of hydrogen-bond donors (Lipinski definition) is 1. The molecular weight excluding hydrogens is 389 g/mol. The Balaban J connectivity index is 1.97. The number of carbonyl (C=O) groups is 2. The van der Waals surface area contributed by atoms with Gasteiger partial charge in [0.25, 0.3) is 5.91 Å². The molecule has 23 heavy (non-hydrogen) atoms. The van der Waals surface area contributed by atoms with Gasteiger partial charge in [0.1, 0.15) is 5.82 Å². The van der Waals surface area contributed by atoms with Gasteiger partial charge in [0.2, 0.25) is 0 Å². The Morgan fingerprint density at radius 1 is 1.26 bits per heavy atom. The van der Waals surface area contributed by atoms with E-state index in [2.05, 4.69) is 21.2 Å². The van der Waals surface area contributed by atoms with Crippen molar-refractivity contribution < 1.29 is 18.7 Å². The van der Waals surface area contributed by atoms with Gasteiger partial charge >= 0.3 is 5.97 Å². The Kier molecular flexibility index (Phi) is 5.74. The van der Waals surface area contributed by atoms with E-state index in [1.807, 2.05) is 0 Å². The quantitative estimate of drug-likeness (QED) is 0.777. The van der Waals surface area contributed by atoms with Crippen molar-refractivity contribution in [2.24, 2.45) is 0 Å². The number of esters is 1. The van der Waals surface area contributed by atoms with Crippen LogP contribution in [0.3, 0.4) is 0 Å². The summed E-state index contributed by atoms with van der Waals surface area (Å²) in [7, 11) is 0. The summed E-state index contributed by atoms with van der Waals surface area (Å²) in [5.41, 5.74) is 0.961. The summed E-state index contributed by atoms with van der Waals surface area (Å²) in [6.07, 6.45) is 0. The number of ether oxygens (including phenoxy) is 1. The minimum atomic E-state index is -0.899. The van der Waals surface area contributed by atoms with Gasteiger partial charge in [-0.1, -0.05) is 23.7 Å². The SMILES string of the molecule is Cc1c(NC(=O)COC(=O)c2ccccc2F)ccc(Br)c1Cl. The van der Waals surface area contributed by atoms with Gasteiger partial charge in [-0.05, 0) is 52.7 Å². The smallest absolute Gasteiger partial charge is 0.341 e. The lowest BCUT2D eigenvalue weighted by Crippen LogP contribution is -2.21. The predicted octanol–water partition coefficient (Wildman–Crippen LogP) is 4.35. The second-order valence-corrected chi connectivity index (χ2v) is 5.87. The maximum atomic E-state index is 13.4. The first-order valence-electron chi connectivity index (χ1n) is 6.56. The van der Waals surface area contributed by atoms with Gasteiger partial charge in [0.05, 0.1) is 10.6 Å². The number of carbonyl (C=O) groups excluding carboxylic acids is 2. The molecular formula is C16H12BrClFNO3. The van der Waals surface area contributed by atoms with Gasteiger partial charge < -0.3 is 10.1 Å². The molecule has 0 saturated heterocycles. The van der Waals surface area contributed by atoms with Crippen molar-refractivity contribution in [3.8, 4) is 0 Å². The van der Waals surface area contributed by atoms with E-state index in [1.165, 1.54) is 18.2 Å². The molecule has 0 aliphatic rings. The number of rotatable bonds is 4. The highest BCUT2D eigenvalue weighted by atomic mass is 79.9. The van der Waals surface area contributed by atoms with Crippen molar-refractivity contribution in [3.05, 3.63) is 62.8 Å². The molecule has 0 unspecified atom stereocenters. The molecule has 2 rings (SSSR count). The van der Waals surface area contributed by atoms with Crippen LogP contribution in [-0.2, 0) is 9.53 Å². The fourth-order valence-electron chi connectivity index (χ4n) is 1.81. The van der Waals surface area contributed by atoms with Crippen molar-refractivity contribution in [1.29, 1.82) is 0 Å². The molecule has 0 aliphatic heterocycles. The van der Waals surface area contributed by atoms with E-state index < -0.39 is 24.3 Å². The number of amides is 1. The van der Waals surface area contributed by atoms with Crippen LogP contribution in [0.5, 0.6) is 0 Å². The summed E-state index contributed by atoms with van der Waals surface area (Å²) in [5, 5.41) is 3.06. The molecule has 4 nitrogen and oxygen atoms in total.